The van der Waals surface area contributed by atoms with Gasteiger partial charge in [-0.3, -0.25) is 9.97 Å². The quantitative estimate of drug-likeness (QED) is 0.750. The summed E-state index contributed by atoms with van der Waals surface area (Å²) in [5.41, 5.74) is 9.11. The fourth-order valence-electron chi connectivity index (χ4n) is 1.92. The summed E-state index contributed by atoms with van der Waals surface area (Å²) >= 11 is 1.57. The third-order valence-corrected chi connectivity index (χ3v) is 3.65. The van der Waals surface area contributed by atoms with Gasteiger partial charge in [-0.25, -0.2) is 0 Å². The zero-order chi connectivity index (χ0) is 11.7. The molecule has 0 spiro atoms. The van der Waals surface area contributed by atoms with Gasteiger partial charge in [-0.1, -0.05) is 24.3 Å². The van der Waals surface area contributed by atoms with Gasteiger partial charge in [-0.2, -0.15) is 0 Å². The minimum absolute atomic E-state index is 0.152. The molecule has 4 heteroatoms. The molecule has 0 fully saturated rings. The highest BCUT2D eigenvalue weighted by molar-refractivity contribution is 7.09. The number of rotatable bonds is 2. The van der Waals surface area contributed by atoms with E-state index in [-0.39, 0.29) is 6.04 Å². The molecule has 1 aromatic carbocycles. The Labute approximate surface area is 103 Å². The molecule has 17 heavy (non-hydrogen) atoms. The second-order valence-corrected chi connectivity index (χ2v) is 4.75. The second-order valence-electron chi connectivity index (χ2n) is 3.83. The summed E-state index contributed by atoms with van der Waals surface area (Å²) in [6.45, 7) is 0. The minimum atomic E-state index is -0.152. The standard InChI is InChI=1S/C13H11N3S/c14-13(12-7-16-8-17-12)11-6-15-5-9-3-1-2-4-10(9)11/h1-8,13H,14H2. The molecule has 2 heterocycles. The van der Waals surface area contributed by atoms with Crippen molar-refractivity contribution in [3.63, 3.8) is 0 Å². The van der Waals surface area contributed by atoms with E-state index in [9.17, 15) is 0 Å². The largest absolute Gasteiger partial charge is 0.319 e. The Morgan fingerprint density at radius 1 is 1.06 bits per heavy atom. The van der Waals surface area contributed by atoms with E-state index in [1.165, 1.54) is 0 Å². The van der Waals surface area contributed by atoms with Crippen molar-refractivity contribution in [2.75, 3.05) is 0 Å². The van der Waals surface area contributed by atoms with Crippen LogP contribution in [0.3, 0.4) is 0 Å². The lowest BCUT2D eigenvalue weighted by Gasteiger charge is -2.11. The average Bonchev–Trinajstić information content (AvgIpc) is 2.91. The highest BCUT2D eigenvalue weighted by Crippen LogP contribution is 2.27. The molecule has 1 atom stereocenters. The van der Waals surface area contributed by atoms with Gasteiger partial charge >= 0.3 is 0 Å². The fraction of sp³-hybridized carbons (Fsp3) is 0.0769. The lowest BCUT2D eigenvalue weighted by atomic mass is 10.0. The summed E-state index contributed by atoms with van der Waals surface area (Å²) in [6.07, 6.45) is 5.52. The van der Waals surface area contributed by atoms with Crippen molar-refractivity contribution in [1.82, 2.24) is 9.97 Å². The van der Waals surface area contributed by atoms with E-state index in [2.05, 4.69) is 16.0 Å². The SMILES string of the molecule is NC(c1cncs1)c1cncc2ccccc12. The average molecular weight is 241 g/mol. The molecule has 0 aliphatic rings. The third-order valence-electron chi connectivity index (χ3n) is 2.79. The van der Waals surface area contributed by atoms with Crippen LogP contribution >= 0.6 is 11.3 Å². The molecular weight excluding hydrogens is 230 g/mol. The predicted molar refractivity (Wildman–Crippen MR) is 69.9 cm³/mol. The normalized spacial score (nSPS) is 12.8. The van der Waals surface area contributed by atoms with Gasteiger partial charge in [-0.05, 0) is 5.39 Å². The molecule has 84 valence electrons. The van der Waals surface area contributed by atoms with Gasteiger partial charge in [-0.15, -0.1) is 11.3 Å². The van der Waals surface area contributed by atoms with Crippen molar-refractivity contribution in [1.29, 1.82) is 0 Å². The number of nitrogens with zero attached hydrogens (tertiary/aromatic N) is 2. The Kier molecular flexibility index (Phi) is 2.59. The molecule has 3 rings (SSSR count). The number of hydrogen-bond acceptors (Lipinski definition) is 4. The van der Waals surface area contributed by atoms with E-state index in [0.717, 1.165) is 21.2 Å². The number of nitrogens with two attached hydrogens (primary N) is 1. The van der Waals surface area contributed by atoms with E-state index in [1.54, 1.807) is 16.8 Å². The number of thiazole rings is 1. The van der Waals surface area contributed by atoms with Crippen molar-refractivity contribution in [2.24, 2.45) is 5.73 Å². The molecule has 0 radical (unpaired) electrons. The zero-order valence-corrected chi connectivity index (χ0v) is 9.89. The van der Waals surface area contributed by atoms with Gasteiger partial charge < -0.3 is 5.73 Å². The van der Waals surface area contributed by atoms with Crippen molar-refractivity contribution in [3.8, 4) is 0 Å². The van der Waals surface area contributed by atoms with Crippen LogP contribution in [0.4, 0.5) is 0 Å². The molecule has 2 N–H and O–H groups in total. The maximum Gasteiger partial charge on any atom is 0.0794 e. The number of pyridine rings is 1. The molecular formula is C13H11N3S. The first-order valence-corrected chi connectivity index (χ1v) is 6.21. The smallest absolute Gasteiger partial charge is 0.0794 e. The number of hydrogen-bond donors (Lipinski definition) is 1. The highest BCUT2D eigenvalue weighted by Gasteiger charge is 2.13. The van der Waals surface area contributed by atoms with E-state index >= 15 is 0 Å². The molecule has 2 aromatic heterocycles. The summed E-state index contributed by atoms with van der Waals surface area (Å²) in [5, 5.41) is 2.27. The fourth-order valence-corrected chi connectivity index (χ4v) is 2.56. The molecule has 1 unspecified atom stereocenters. The van der Waals surface area contributed by atoms with Crippen LogP contribution in [-0.2, 0) is 0 Å². The van der Waals surface area contributed by atoms with Gasteiger partial charge in [0, 0.05) is 34.4 Å². The van der Waals surface area contributed by atoms with Crippen LogP contribution in [-0.4, -0.2) is 9.97 Å². The maximum atomic E-state index is 6.26. The summed E-state index contributed by atoms with van der Waals surface area (Å²) in [5.74, 6) is 0. The van der Waals surface area contributed by atoms with E-state index in [4.69, 9.17) is 5.73 Å². The van der Waals surface area contributed by atoms with E-state index in [0.29, 0.717) is 0 Å². The topological polar surface area (TPSA) is 51.8 Å². The molecule has 0 bridgehead atoms. The van der Waals surface area contributed by atoms with Gasteiger partial charge in [0.25, 0.3) is 0 Å². The molecule has 0 amide bonds. The first-order valence-electron chi connectivity index (χ1n) is 5.33. The van der Waals surface area contributed by atoms with Crippen LogP contribution < -0.4 is 5.73 Å². The molecule has 0 saturated heterocycles. The van der Waals surface area contributed by atoms with Crippen LogP contribution in [0.25, 0.3) is 10.8 Å². The van der Waals surface area contributed by atoms with Crippen molar-refractivity contribution < 1.29 is 0 Å². The lowest BCUT2D eigenvalue weighted by Crippen LogP contribution is -2.11. The van der Waals surface area contributed by atoms with E-state index < -0.39 is 0 Å². The second kappa shape index (κ2) is 4.24. The van der Waals surface area contributed by atoms with Crippen molar-refractivity contribution in [2.45, 2.75) is 6.04 Å². The maximum absolute atomic E-state index is 6.26. The number of aromatic nitrogens is 2. The predicted octanol–water partition coefficient (Wildman–Crippen LogP) is 2.74. The number of fused-ring (bicyclic) bond motifs is 1. The first-order chi connectivity index (χ1) is 8.36. The van der Waals surface area contributed by atoms with Crippen LogP contribution in [0.1, 0.15) is 16.5 Å². The van der Waals surface area contributed by atoms with Gasteiger partial charge in [0.15, 0.2) is 0 Å². The van der Waals surface area contributed by atoms with Crippen molar-refractivity contribution in [3.05, 3.63) is 58.8 Å². The first kappa shape index (κ1) is 10.4. The van der Waals surface area contributed by atoms with E-state index in [1.807, 2.05) is 36.8 Å². The van der Waals surface area contributed by atoms with Crippen LogP contribution in [0.15, 0.2) is 48.4 Å². The van der Waals surface area contributed by atoms with Crippen molar-refractivity contribution >= 4 is 22.1 Å². The summed E-state index contributed by atoms with van der Waals surface area (Å²) < 4.78 is 0. The highest BCUT2D eigenvalue weighted by atomic mass is 32.1. The Bertz CT molecular complexity index is 629. The summed E-state index contributed by atoms with van der Waals surface area (Å²) in [4.78, 5) is 9.37. The Morgan fingerprint density at radius 2 is 1.94 bits per heavy atom. The van der Waals surface area contributed by atoms with Gasteiger partial charge in [0.05, 0.1) is 11.6 Å². The Morgan fingerprint density at radius 3 is 2.76 bits per heavy atom. The molecule has 0 aliphatic carbocycles. The minimum Gasteiger partial charge on any atom is -0.319 e. The van der Waals surface area contributed by atoms with Gasteiger partial charge in [0.2, 0.25) is 0 Å². The number of benzene rings is 1. The van der Waals surface area contributed by atoms with Crippen LogP contribution in [0.5, 0.6) is 0 Å². The summed E-state index contributed by atoms with van der Waals surface area (Å²) in [7, 11) is 0. The monoisotopic (exact) mass is 241 g/mol. The summed E-state index contributed by atoms with van der Waals surface area (Å²) in [6, 6.07) is 8.00. The van der Waals surface area contributed by atoms with Crippen LogP contribution in [0.2, 0.25) is 0 Å². The Balaban J connectivity index is 2.17. The lowest BCUT2D eigenvalue weighted by molar-refractivity contribution is 0.891. The van der Waals surface area contributed by atoms with Gasteiger partial charge in [0.1, 0.15) is 0 Å². The molecule has 0 aliphatic heterocycles. The zero-order valence-electron chi connectivity index (χ0n) is 9.08. The molecule has 0 saturated carbocycles. The third kappa shape index (κ3) is 1.81. The molecule has 3 aromatic rings. The van der Waals surface area contributed by atoms with Crippen LogP contribution in [0, 0.1) is 0 Å². The Hall–Kier alpha value is -1.78. The molecule has 3 nitrogen and oxygen atoms in total.